The second kappa shape index (κ2) is 3.67. The van der Waals surface area contributed by atoms with Crippen LogP contribution in [-0.4, -0.2) is 9.97 Å². The summed E-state index contributed by atoms with van der Waals surface area (Å²) in [6.07, 6.45) is 4.66. The Morgan fingerprint density at radius 2 is 2.00 bits per heavy atom. The second-order valence-corrected chi connectivity index (χ2v) is 2.93. The van der Waals surface area contributed by atoms with Crippen LogP contribution in [0.5, 0.6) is 0 Å². The van der Waals surface area contributed by atoms with Crippen LogP contribution in [0.4, 0.5) is 0 Å². The molecule has 0 amide bonds. The Kier molecular flexibility index (Phi) is 2.83. The van der Waals surface area contributed by atoms with Crippen molar-refractivity contribution in [3.05, 3.63) is 23.2 Å². The number of nitrogens with zero attached hydrogens (tertiary/aromatic N) is 2. The van der Waals surface area contributed by atoms with E-state index in [1.54, 1.807) is 12.4 Å². The zero-order chi connectivity index (χ0) is 8.27. The van der Waals surface area contributed by atoms with E-state index in [-0.39, 0.29) is 0 Å². The molecule has 1 aromatic heterocycles. The van der Waals surface area contributed by atoms with Crippen LogP contribution in [-0.2, 0) is 0 Å². The lowest BCUT2D eigenvalue weighted by Crippen LogP contribution is -1.93. The van der Waals surface area contributed by atoms with Crippen molar-refractivity contribution in [3.8, 4) is 0 Å². The maximum absolute atomic E-state index is 5.54. The largest absolute Gasteiger partial charge is 0.226 e. The van der Waals surface area contributed by atoms with Gasteiger partial charge in [-0.25, -0.2) is 9.97 Å². The van der Waals surface area contributed by atoms with Gasteiger partial charge in [0.1, 0.15) is 0 Å². The Bertz CT molecular complexity index is 220. The van der Waals surface area contributed by atoms with Gasteiger partial charge in [0.15, 0.2) is 0 Å². The molecule has 0 radical (unpaired) electrons. The van der Waals surface area contributed by atoms with Crippen molar-refractivity contribution in [3.63, 3.8) is 0 Å². The number of hydrogen-bond donors (Lipinski definition) is 0. The summed E-state index contributed by atoms with van der Waals surface area (Å²) < 4.78 is 0. The van der Waals surface area contributed by atoms with E-state index in [4.69, 9.17) is 11.6 Å². The minimum atomic E-state index is 0.317. The minimum Gasteiger partial charge on any atom is -0.226 e. The van der Waals surface area contributed by atoms with Crippen LogP contribution < -0.4 is 0 Å². The smallest absolute Gasteiger partial charge is 0.222 e. The fourth-order valence-corrected chi connectivity index (χ4v) is 0.910. The first kappa shape index (κ1) is 8.47. The van der Waals surface area contributed by atoms with Crippen LogP contribution in [0, 0.1) is 0 Å². The van der Waals surface area contributed by atoms with Crippen LogP contribution in [0.3, 0.4) is 0 Å². The lowest BCUT2D eigenvalue weighted by Gasteiger charge is -2.05. The molecule has 0 aliphatic heterocycles. The third-order valence-electron chi connectivity index (χ3n) is 1.82. The maximum Gasteiger partial charge on any atom is 0.222 e. The van der Waals surface area contributed by atoms with Gasteiger partial charge in [-0.05, 0) is 29.5 Å². The Hall–Kier alpha value is -0.630. The molecule has 1 aromatic rings. The molecule has 0 aliphatic rings. The van der Waals surface area contributed by atoms with E-state index in [2.05, 4.69) is 23.8 Å². The third kappa shape index (κ3) is 2.15. The molecule has 0 N–H and O–H groups in total. The van der Waals surface area contributed by atoms with Gasteiger partial charge in [-0.3, -0.25) is 0 Å². The van der Waals surface area contributed by atoms with Gasteiger partial charge in [0.2, 0.25) is 5.28 Å². The lowest BCUT2D eigenvalue weighted by atomic mass is 10.0. The van der Waals surface area contributed by atoms with Crippen LogP contribution in [0.25, 0.3) is 0 Å². The fourth-order valence-electron chi connectivity index (χ4n) is 0.812. The third-order valence-corrected chi connectivity index (χ3v) is 2.02. The van der Waals surface area contributed by atoms with E-state index in [1.165, 1.54) is 0 Å². The van der Waals surface area contributed by atoms with E-state index in [1.807, 2.05) is 0 Å². The predicted octanol–water partition coefficient (Wildman–Crippen LogP) is 2.64. The molecule has 1 heterocycles. The van der Waals surface area contributed by atoms with E-state index in [0.717, 1.165) is 12.0 Å². The summed E-state index contributed by atoms with van der Waals surface area (Å²) >= 11 is 5.54. The number of halogens is 1. The monoisotopic (exact) mass is 170 g/mol. The van der Waals surface area contributed by atoms with Gasteiger partial charge in [0.05, 0.1) is 0 Å². The van der Waals surface area contributed by atoms with E-state index in [0.29, 0.717) is 11.2 Å². The molecule has 1 unspecified atom stereocenters. The van der Waals surface area contributed by atoms with Crippen LogP contribution in [0.1, 0.15) is 31.7 Å². The van der Waals surface area contributed by atoms with Gasteiger partial charge in [0, 0.05) is 12.4 Å². The molecule has 0 saturated heterocycles. The molecule has 0 aromatic carbocycles. The number of rotatable bonds is 2. The lowest BCUT2D eigenvalue weighted by molar-refractivity contribution is 0.724. The van der Waals surface area contributed by atoms with Crippen LogP contribution in [0.15, 0.2) is 12.4 Å². The van der Waals surface area contributed by atoms with Crippen molar-refractivity contribution in [2.45, 2.75) is 26.2 Å². The first-order valence-electron chi connectivity index (χ1n) is 3.71. The van der Waals surface area contributed by atoms with Crippen molar-refractivity contribution >= 4 is 11.6 Å². The van der Waals surface area contributed by atoms with E-state index >= 15 is 0 Å². The van der Waals surface area contributed by atoms with Gasteiger partial charge in [0.25, 0.3) is 0 Å². The van der Waals surface area contributed by atoms with Crippen molar-refractivity contribution < 1.29 is 0 Å². The normalized spacial score (nSPS) is 13.0. The summed E-state index contributed by atoms with van der Waals surface area (Å²) in [7, 11) is 0. The summed E-state index contributed by atoms with van der Waals surface area (Å²) in [6.45, 7) is 4.28. The highest BCUT2D eigenvalue weighted by Crippen LogP contribution is 2.16. The molecule has 0 spiro atoms. The summed E-state index contributed by atoms with van der Waals surface area (Å²) in [4.78, 5) is 7.80. The molecule has 2 nitrogen and oxygen atoms in total. The van der Waals surface area contributed by atoms with E-state index in [9.17, 15) is 0 Å². The zero-order valence-electron chi connectivity index (χ0n) is 6.71. The average molecular weight is 171 g/mol. The molecular weight excluding hydrogens is 160 g/mol. The van der Waals surface area contributed by atoms with Gasteiger partial charge in [-0.1, -0.05) is 13.8 Å². The number of hydrogen-bond acceptors (Lipinski definition) is 2. The summed E-state index contributed by atoms with van der Waals surface area (Å²) in [5, 5.41) is 0.317. The topological polar surface area (TPSA) is 25.8 Å². The second-order valence-electron chi connectivity index (χ2n) is 2.59. The Balaban J connectivity index is 2.81. The first-order valence-corrected chi connectivity index (χ1v) is 4.09. The van der Waals surface area contributed by atoms with Gasteiger partial charge in [-0.2, -0.15) is 0 Å². The molecule has 0 bridgehead atoms. The molecule has 1 rings (SSSR count). The van der Waals surface area contributed by atoms with Crippen LogP contribution >= 0.6 is 11.6 Å². The average Bonchev–Trinajstić information content (AvgIpc) is 2.05. The molecule has 60 valence electrons. The SMILES string of the molecule is CCC(C)c1cnc(Cl)nc1. The highest BCUT2D eigenvalue weighted by atomic mass is 35.5. The van der Waals surface area contributed by atoms with Gasteiger partial charge >= 0.3 is 0 Å². The minimum absolute atomic E-state index is 0.317. The summed E-state index contributed by atoms with van der Waals surface area (Å²) in [6, 6.07) is 0. The highest BCUT2D eigenvalue weighted by molar-refractivity contribution is 6.28. The van der Waals surface area contributed by atoms with Crippen molar-refractivity contribution in [2.75, 3.05) is 0 Å². The Morgan fingerprint density at radius 1 is 1.45 bits per heavy atom. The van der Waals surface area contributed by atoms with Gasteiger partial charge < -0.3 is 0 Å². The Labute approximate surface area is 71.6 Å². The molecule has 0 saturated carbocycles. The molecule has 11 heavy (non-hydrogen) atoms. The summed E-state index contributed by atoms with van der Waals surface area (Å²) in [5.41, 5.74) is 1.15. The zero-order valence-corrected chi connectivity index (χ0v) is 7.47. The standard InChI is InChI=1S/C8H11ClN2/c1-3-6(2)7-4-10-8(9)11-5-7/h4-6H,3H2,1-2H3. The highest BCUT2D eigenvalue weighted by Gasteiger charge is 2.02. The molecule has 0 aliphatic carbocycles. The maximum atomic E-state index is 5.54. The van der Waals surface area contributed by atoms with E-state index < -0.39 is 0 Å². The summed E-state index contributed by atoms with van der Waals surface area (Å²) in [5.74, 6) is 0.521. The van der Waals surface area contributed by atoms with Crippen molar-refractivity contribution in [2.24, 2.45) is 0 Å². The molecule has 1 atom stereocenters. The first-order chi connectivity index (χ1) is 5.24. The fraction of sp³-hybridized carbons (Fsp3) is 0.500. The molecule has 0 fully saturated rings. The van der Waals surface area contributed by atoms with Crippen molar-refractivity contribution in [1.29, 1.82) is 0 Å². The van der Waals surface area contributed by atoms with Crippen molar-refractivity contribution in [1.82, 2.24) is 9.97 Å². The Morgan fingerprint density at radius 3 is 2.45 bits per heavy atom. The molecule has 3 heteroatoms. The predicted molar refractivity (Wildman–Crippen MR) is 45.7 cm³/mol. The molecular formula is C8H11ClN2. The quantitative estimate of drug-likeness (QED) is 0.638. The number of aromatic nitrogens is 2. The van der Waals surface area contributed by atoms with Gasteiger partial charge in [-0.15, -0.1) is 0 Å². The van der Waals surface area contributed by atoms with Crippen LogP contribution in [0.2, 0.25) is 5.28 Å².